The molecule has 94 valence electrons. The molecule has 1 nitrogen and oxygen atoms in total. The van der Waals surface area contributed by atoms with Gasteiger partial charge < -0.3 is 5.73 Å². The summed E-state index contributed by atoms with van der Waals surface area (Å²) in [4.78, 5) is 0.686. The number of rotatable bonds is 3. The molecule has 2 aromatic rings. The molecular formula is C13H10BrF2NS. The molecule has 0 aromatic heterocycles. The van der Waals surface area contributed by atoms with Crippen LogP contribution in [-0.4, -0.2) is 0 Å². The van der Waals surface area contributed by atoms with Crippen molar-refractivity contribution in [3.05, 3.63) is 58.1 Å². The summed E-state index contributed by atoms with van der Waals surface area (Å²) in [6.07, 6.45) is 0. The first-order valence-electron chi connectivity index (χ1n) is 5.18. The lowest BCUT2D eigenvalue weighted by Crippen LogP contribution is -1.91. The normalized spacial score (nSPS) is 10.6. The summed E-state index contributed by atoms with van der Waals surface area (Å²) in [6.45, 7) is 0. The molecule has 0 saturated heterocycles. The highest BCUT2D eigenvalue weighted by Gasteiger charge is 2.06. The first-order chi connectivity index (χ1) is 8.56. The van der Waals surface area contributed by atoms with Crippen molar-refractivity contribution in [1.29, 1.82) is 0 Å². The lowest BCUT2D eigenvalue weighted by Gasteiger charge is -2.07. The fourth-order valence-electron chi connectivity index (χ4n) is 1.43. The van der Waals surface area contributed by atoms with Crippen LogP contribution in [0.1, 0.15) is 5.56 Å². The summed E-state index contributed by atoms with van der Waals surface area (Å²) >= 11 is 4.71. The molecule has 2 N–H and O–H groups in total. The molecule has 0 heterocycles. The van der Waals surface area contributed by atoms with E-state index in [2.05, 4.69) is 15.9 Å². The standard InChI is InChI=1S/C13H10BrF2NS/c14-11-5-9(15)2-1-8(11)7-18-13-6-10(16)3-4-12(13)17/h1-6H,7,17H2. The zero-order valence-electron chi connectivity index (χ0n) is 9.29. The van der Waals surface area contributed by atoms with Crippen molar-refractivity contribution in [3.8, 4) is 0 Å². The van der Waals surface area contributed by atoms with Gasteiger partial charge in [-0.2, -0.15) is 0 Å². The Kier molecular flexibility index (Phi) is 4.24. The van der Waals surface area contributed by atoms with Crippen molar-refractivity contribution in [3.63, 3.8) is 0 Å². The van der Waals surface area contributed by atoms with Gasteiger partial charge in [-0.15, -0.1) is 11.8 Å². The number of nitrogen functional groups attached to an aromatic ring is 1. The number of benzene rings is 2. The third kappa shape index (κ3) is 3.23. The van der Waals surface area contributed by atoms with E-state index in [1.54, 1.807) is 6.07 Å². The highest BCUT2D eigenvalue weighted by Crippen LogP contribution is 2.31. The largest absolute Gasteiger partial charge is 0.398 e. The van der Waals surface area contributed by atoms with Gasteiger partial charge in [-0.05, 0) is 35.9 Å². The van der Waals surface area contributed by atoms with Crippen LogP contribution in [0.3, 0.4) is 0 Å². The van der Waals surface area contributed by atoms with Gasteiger partial charge in [-0.3, -0.25) is 0 Å². The van der Waals surface area contributed by atoms with E-state index in [1.165, 1.54) is 42.1 Å². The fraction of sp³-hybridized carbons (Fsp3) is 0.0769. The predicted molar refractivity (Wildman–Crippen MR) is 74.5 cm³/mol. The lowest BCUT2D eigenvalue weighted by molar-refractivity contribution is 0.624. The van der Waals surface area contributed by atoms with Crippen LogP contribution >= 0.6 is 27.7 Å². The summed E-state index contributed by atoms with van der Waals surface area (Å²) in [6, 6.07) is 8.77. The zero-order valence-corrected chi connectivity index (χ0v) is 11.7. The van der Waals surface area contributed by atoms with E-state index in [4.69, 9.17) is 5.73 Å². The van der Waals surface area contributed by atoms with E-state index >= 15 is 0 Å². The van der Waals surface area contributed by atoms with Gasteiger partial charge in [0, 0.05) is 20.8 Å². The van der Waals surface area contributed by atoms with Gasteiger partial charge in [-0.25, -0.2) is 8.78 Å². The highest BCUT2D eigenvalue weighted by atomic mass is 79.9. The van der Waals surface area contributed by atoms with Crippen LogP contribution in [0.2, 0.25) is 0 Å². The Balaban J connectivity index is 2.13. The Morgan fingerprint density at radius 2 is 1.72 bits per heavy atom. The van der Waals surface area contributed by atoms with Gasteiger partial charge in [-0.1, -0.05) is 22.0 Å². The maximum atomic E-state index is 13.1. The third-order valence-electron chi connectivity index (χ3n) is 2.37. The Morgan fingerprint density at radius 1 is 1.06 bits per heavy atom. The molecule has 0 fully saturated rings. The molecule has 2 rings (SSSR count). The highest BCUT2D eigenvalue weighted by molar-refractivity contribution is 9.10. The molecule has 2 aromatic carbocycles. The van der Waals surface area contributed by atoms with E-state index < -0.39 is 0 Å². The van der Waals surface area contributed by atoms with Crippen LogP contribution in [0.5, 0.6) is 0 Å². The first kappa shape index (κ1) is 13.4. The number of halogens is 3. The Bertz CT molecular complexity index is 575. The average Bonchev–Trinajstić information content (AvgIpc) is 2.32. The van der Waals surface area contributed by atoms with Gasteiger partial charge in [0.05, 0.1) is 0 Å². The third-order valence-corrected chi connectivity index (χ3v) is 4.23. The van der Waals surface area contributed by atoms with Crippen LogP contribution in [0.25, 0.3) is 0 Å². The summed E-state index contributed by atoms with van der Waals surface area (Å²) < 4.78 is 26.7. The molecule has 0 bridgehead atoms. The maximum Gasteiger partial charge on any atom is 0.124 e. The molecular weight excluding hydrogens is 320 g/mol. The topological polar surface area (TPSA) is 26.0 Å². The second-order valence-electron chi connectivity index (χ2n) is 3.71. The van der Waals surface area contributed by atoms with Gasteiger partial charge in [0.15, 0.2) is 0 Å². The van der Waals surface area contributed by atoms with Gasteiger partial charge in [0.1, 0.15) is 11.6 Å². The number of thioether (sulfide) groups is 1. The van der Waals surface area contributed by atoms with Crippen molar-refractivity contribution < 1.29 is 8.78 Å². The van der Waals surface area contributed by atoms with Crippen LogP contribution < -0.4 is 5.73 Å². The Morgan fingerprint density at radius 3 is 2.44 bits per heavy atom. The molecule has 0 saturated carbocycles. The molecule has 0 unspecified atom stereocenters. The maximum absolute atomic E-state index is 13.1. The van der Waals surface area contributed by atoms with E-state index in [-0.39, 0.29) is 11.6 Å². The summed E-state index contributed by atoms with van der Waals surface area (Å²) in [5, 5.41) is 0. The smallest absolute Gasteiger partial charge is 0.124 e. The molecule has 0 amide bonds. The molecule has 18 heavy (non-hydrogen) atoms. The lowest BCUT2D eigenvalue weighted by atomic mass is 10.2. The van der Waals surface area contributed by atoms with Crippen LogP contribution in [-0.2, 0) is 5.75 Å². The molecule has 0 aliphatic heterocycles. The minimum absolute atomic E-state index is 0.291. The van der Waals surface area contributed by atoms with E-state index in [9.17, 15) is 8.78 Å². The first-order valence-corrected chi connectivity index (χ1v) is 6.96. The number of anilines is 1. The minimum atomic E-state index is -0.315. The van der Waals surface area contributed by atoms with Gasteiger partial charge in [0.25, 0.3) is 0 Å². The predicted octanol–water partition coefficient (Wildman–Crippen LogP) is 4.60. The average molecular weight is 330 g/mol. The van der Waals surface area contributed by atoms with Crippen molar-refractivity contribution in [2.24, 2.45) is 0 Å². The molecule has 0 radical (unpaired) electrons. The van der Waals surface area contributed by atoms with Gasteiger partial charge in [0.2, 0.25) is 0 Å². The quantitative estimate of drug-likeness (QED) is 0.657. The number of nitrogens with two attached hydrogens (primary N) is 1. The van der Waals surface area contributed by atoms with Crippen LogP contribution in [0, 0.1) is 11.6 Å². The molecule has 0 aliphatic carbocycles. The summed E-state index contributed by atoms with van der Waals surface area (Å²) in [5.74, 6) is -0.0140. The Labute approximate surface area is 117 Å². The SMILES string of the molecule is Nc1ccc(F)cc1SCc1ccc(F)cc1Br. The molecule has 5 heteroatoms. The molecule has 0 aliphatic rings. The van der Waals surface area contributed by atoms with E-state index in [1.807, 2.05) is 0 Å². The van der Waals surface area contributed by atoms with Crippen molar-refractivity contribution in [2.75, 3.05) is 5.73 Å². The van der Waals surface area contributed by atoms with E-state index in [0.29, 0.717) is 20.8 Å². The molecule has 0 atom stereocenters. The monoisotopic (exact) mass is 329 g/mol. The fourth-order valence-corrected chi connectivity index (χ4v) is 3.10. The van der Waals surface area contributed by atoms with Crippen LogP contribution in [0.15, 0.2) is 45.8 Å². The minimum Gasteiger partial charge on any atom is -0.398 e. The van der Waals surface area contributed by atoms with Crippen molar-refractivity contribution >= 4 is 33.4 Å². The Hall–Kier alpha value is -1.07. The van der Waals surface area contributed by atoms with Crippen molar-refractivity contribution in [1.82, 2.24) is 0 Å². The van der Waals surface area contributed by atoms with Crippen molar-refractivity contribution in [2.45, 2.75) is 10.6 Å². The van der Waals surface area contributed by atoms with Gasteiger partial charge >= 0.3 is 0 Å². The molecule has 0 spiro atoms. The van der Waals surface area contributed by atoms with Crippen LogP contribution in [0.4, 0.5) is 14.5 Å². The second kappa shape index (κ2) is 5.71. The number of hydrogen-bond donors (Lipinski definition) is 1. The second-order valence-corrected chi connectivity index (χ2v) is 5.58. The summed E-state index contributed by atoms with van der Waals surface area (Å²) in [5.41, 5.74) is 7.23. The van der Waals surface area contributed by atoms with E-state index in [0.717, 1.165) is 5.56 Å². The summed E-state index contributed by atoms with van der Waals surface area (Å²) in [7, 11) is 0. The zero-order chi connectivity index (χ0) is 13.1. The number of hydrogen-bond acceptors (Lipinski definition) is 2.